The Labute approximate surface area is 104 Å². The summed E-state index contributed by atoms with van der Waals surface area (Å²) in [6, 6.07) is 4.76. The Kier molecular flexibility index (Phi) is 4.42. The normalized spacial score (nSPS) is 11.1. The zero-order valence-electron chi connectivity index (χ0n) is 10.2. The van der Waals surface area contributed by atoms with E-state index in [9.17, 15) is 14.9 Å². The van der Waals surface area contributed by atoms with E-state index in [0.29, 0.717) is 5.56 Å². The third-order valence-corrected chi connectivity index (χ3v) is 2.33. The Balaban J connectivity index is 3.03. The molecule has 0 heterocycles. The highest BCUT2D eigenvalue weighted by molar-refractivity contribution is 5.82. The molecule has 0 saturated heterocycles. The van der Waals surface area contributed by atoms with Crippen LogP contribution in [0.4, 0.5) is 5.69 Å². The number of carbonyl (C=O) groups excluding carboxylic acids is 1. The molecule has 18 heavy (non-hydrogen) atoms. The van der Waals surface area contributed by atoms with Crippen molar-refractivity contribution in [3.63, 3.8) is 0 Å². The highest BCUT2D eigenvalue weighted by Crippen LogP contribution is 2.21. The maximum Gasteiger partial charge on any atom is 0.332 e. The number of nitro benzene ring substituents is 1. The lowest BCUT2D eigenvalue weighted by Gasteiger charge is -2.04. The van der Waals surface area contributed by atoms with E-state index in [1.165, 1.54) is 13.2 Å². The second kappa shape index (κ2) is 5.81. The topological polar surface area (TPSA) is 95.5 Å². The van der Waals surface area contributed by atoms with Crippen LogP contribution in [0.2, 0.25) is 0 Å². The molecule has 0 aliphatic rings. The predicted octanol–water partition coefficient (Wildman–Crippen LogP) is 1.46. The Hall–Kier alpha value is -2.37. The number of nitrogens with two attached hydrogens (primary N) is 1. The molecular formula is C12H14N2O4. The number of rotatable bonds is 4. The molecule has 6 heteroatoms. The molecule has 0 radical (unpaired) electrons. The number of ether oxygens (including phenoxy) is 1. The first-order valence-corrected chi connectivity index (χ1v) is 5.22. The van der Waals surface area contributed by atoms with Gasteiger partial charge in [-0.15, -0.1) is 0 Å². The average molecular weight is 250 g/mol. The standard InChI is InChI=1S/C12H14N2O4/c1-8-3-4-11(14(16)17)9(5-8)6-10(13)7-12(15)18-2/h3-5,7H,6,13H2,1-2H3/b10-7-. The van der Waals surface area contributed by atoms with Gasteiger partial charge < -0.3 is 10.5 Å². The number of hydrogen-bond acceptors (Lipinski definition) is 5. The first-order valence-electron chi connectivity index (χ1n) is 5.22. The van der Waals surface area contributed by atoms with Gasteiger partial charge in [0.2, 0.25) is 0 Å². The van der Waals surface area contributed by atoms with Gasteiger partial charge >= 0.3 is 5.97 Å². The molecule has 6 nitrogen and oxygen atoms in total. The number of nitrogens with zero attached hydrogens (tertiary/aromatic N) is 1. The van der Waals surface area contributed by atoms with Crippen molar-refractivity contribution in [2.75, 3.05) is 7.11 Å². The van der Waals surface area contributed by atoms with Crippen LogP contribution in [-0.2, 0) is 16.0 Å². The lowest BCUT2D eigenvalue weighted by molar-refractivity contribution is -0.385. The molecule has 2 N–H and O–H groups in total. The van der Waals surface area contributed by atoms with Crippen molar-refractivity contribution in [1.29, 1.82) is 0 Å². The van der Waals surface area contributed by atoms with Crippen LogP contribution in [0.15, 0.2) is 30.0 Å². The van der Waals surface area contributed by atoms with Gasteiger partial charge in [-0.05, 0) is 13.0 Å². The maximum atomic E-state index is 11.0. The van der Waals surface area contributed by atoms with Crippen LogP contribution in [0.5, 0.6) is 0 Å². The van der Waals surface area contributed by atoms with Crippen LogP contribution >= 0.6 is 0 Å². The van der Waals surface area contributed by atoms with Crippen LogP contribution in [0.3, 0.4) is 0 Å². The van der Waals surface area contributed by atoms with Gasteiger partial charge in [0, 0.05) is 29.8 Å². The summed E-state index contributed by atoms with van der Waals surface area (Å²) in [6.45, 7) is 1.83. The van der Waals surface area contributed by atoms with Crippen LogP contribution in [0, 0.1) is 17.0 Å². The van der Waals surface area contributed by atoms with Crippen molar-refractivity contribution in [3.05, 3.63) is 51.2 Å². The van der Waals surface area contributed by atoms with Crippen molar-refractivity contribution >= 4 is 11.7 Å². The molecule has 0 bridgehead atoms. The zero-order chi connectivity index (χ0) is 13.7. The Morgan fingerprint density at radius 2 is 2.22 bits per heavy atom. The molecular weight excluding hydrogens is 236 g/mol. The van der Waals surface area contributed by atoms with Gasteiger partial charge in [0.1, 0.15) is 0 Å². The fourth-order valence-corrected chi connectivity index (χ4v) is 1.52. The first kappa shape index (κ1) is 13.7. The van der Waals surface area contributed by atoms with Crippen molar-refractivity contribution in [2.24, 2.45) is 5.73 Å². The van der Waals surface area contributed by atoms with Gasteiger partial charge in [-0.3, -0.25) is 10.1 Å². The van der Waals surface area contributed by atoms with Gasteiger partial charge in [0.15, 0.2) is 0 Å². The molecule has 0 amide bonds. The van der Waals surface area contributed by atoms with Crippen molar-refractivity contribution in [3.8, 4) is 0 Å². The molecule has 0 fully saturated rings. The number of benzene rings is 1. The van der Waals surface area contributed by atoms with E-state index in [2.05, 4.69) is 4.74 Å². The fraction of sp³-hybridized carbons (Fsp3) is 0.250. The van der Waals surface area contributed by atoms with Crippen molar-refractivity contribution in [1.82, 2.24) is 0 Å². The van der Waals surface area contributed by atoms with E-state index in [0.717, 1.165) is 11.6 Å². The number of carbonyl (C=O) groups is 1. The third kappa shape index (κ3) is 3.58. The highest BCUT2D eigenvalue weighted by Gasteiger charge is 2.14. The molecule has 0 unspecified atom stereocenters. The predicted molar refractivity (Wildman–Crippen MR) is 65.8 cm³/mol. The van der Waals surface area contributed by atoms with Crippen LogP contribution in [0.25, 0.3) is 0 Å². The Morgan fingerprint density at radius 3 is 2.78 bits per heavy atom. The molecule has 1 rings (SSSR count). The Bertz CT molecular complexity index is 509. The smallest absolute Gasteiger partial charge is 0.332 e. The number of allylic oxidation sites excluding steroid dienone is 1. The number of methoxy groups -OCH3 is 1. The lowest BCUT2D eigenvalue weighted by atomic mass is 10.0. The minimum absolute atomic E-state index is 0.0122. The summed E-state index contributed by atoms with van der Waals surface area (Å²) < 4.78 is 4.43. The van der Waals surface area contributed by atoms with E-state index in [-0.39, 0.29) is 17.8 Å². The molecule has 0 aliphatic carbocycles. The zero-order valence-corrected chi connectivity index (χ0v) is 10.2. The van der Waals surface area contributed by atoms with Gasteiger partial charge in [0.05, 0.1) is 12.0 Å². The van der Waals surface area contributed by atoms with Gasteiger partial charge in [-0.1, -0.05) is 11.6 Å². The molecule has 0 spiro atoms. The summed E-state index contributed by atoms with van der Waals surface area (Å²) >= 11 is 0. The monoisotopic (exact) mass is 250 g/mol. The molecule has 0 saturated carbocycles. The van der Waals surface area contributed by atoms with Crippen molar-refractivity contribution in [2.45, 2.75) is 13.3 Å². The van der Waals surface area contributed by atoms with E-state index in [4.69, 9.17) is 5.73 Å². The first-order chi connectivity index (χ1) is 8.43. The quantitative estimate of drug-likeness (QED) is 0.378. The number of aryl methyl sites for hydroxylation is 1. The second-order valence-corrected chi connectivity index (χ2v) is 3.81. The van der Waals surface area contributed by atoms with E-state index in [1.54, 1.807) is 12.1 Å². The van der Waals surface area contributed by atoms with Gasteiger partial charge in [0.25, 0.3) is 5.69 Å². The van der Waals surface area contributed by atoms with E-state index >= 15 is 0 Å². The van der Waals surface area contributed by atoms with Crippen LogP contribution in [0.1, 0.15) is 11.1 Å². The lowest BCUT2D eigenvalue weighted by Crippen LogP contribution is -2.08. The molecule has 1 aromatic rings. The number of nitro groups is 1. The minimum Gasteiger partial charge on any atom is -0.466 e. The minimum atomic E-state index is -0.581. The van der Waals surface area contributed by atoms with Crippen LogP contribution < -0.4 is 5.73 Å². The Morgan fingerprint density at radius 1 is 1.56 bits per heavy atom. The summed E-state index contributed by atoms with van der Waals surface area (Å²) in [5.74, 6) is -0.581. The summed E-state index contributed by atoms with van der Waals surface area (Å²) in [4.78, 5) is 21.4. The average Bonchev–Trinajstić information content (AvgIpc) is 2.28. The summed E-state index contributed by atoms with van der Waals surface area (Å²) in [5, 5.41) is 10.8. The fourth-order valence-electron chi connectivity index (χ4n) is 1.52. The highest BCUT2D eigenvalue weighted by atomic mass is 16.6. The van der Waals surface area contributed by atoms with Gasteiger partial charge in [-0.25, -0.2) is 4.79 Å². The summed E-state index contributed by atoms with van der Waals surface area (Å²) in [7, 11) is 1.24. The largest absolute Gasteiger partial charge is 0.466 e. The third-order valence-electron chi connectivity index (χ3n) is 2.33. The second-order valence-electron chi connectivity index (χ2n) is 3.81. The van der Waals surface area contributed by atoms with E-state index < -0.39 is 10.9 Å². The van der Waals surface area contributed by atoms with Crippen molar-refractivity contribution < 1.29 is 14.5 Å². The maximum absolute atomic E-state index is 11.0. The molecule has 1 aromatic carbocycles. The summed E-state index contributed by atoms with van der Waals surface area (Å²) in [5.41, 5.74) is 7.21. The molecule has 0 aromatic heterocycles. The van der Waals surface area contributed by atoms with Crippen LogP contribution in [-0.4, -0.2) is 18.0 Å². The van der Waals surface area contributed by atoms with Gasteiger partial charge in [-0.2, -0.15) is 0 Å². The van der Waals surface area contributed by atoms with E-state index in [1.807, 2.05) is 6.92 Å². The molecule has 0 atom stereocenters. The summed E-state index contributed by atoms with van der Waals surface area (Å²) in [6.07, 6.45) is 1.25. The SMILES string of the molecule is COC(=O)/C=C(\N)Cc1cc(C)ccc1[N+](=O)[O-]. The number of hydrogen-bond donors (Lipinski definition) is 1. The molecule has 0 aliphatic heterocycles. The number of esters is 1. The molecule has 96 valence electrons.